The maximum atomic E-state index is 6.40. The summed E-state index contributed by atoms with van der Waals surface area (Å²) >= 11 is 8.28. The molecule has 0 N–H and O–H groups in total. The number of hydrogen-bond acceptors (Lipinski definition) is 1. The second-order valence-electron chi connectivity index (χ2n) is 4.33. The summed E-state index contributed by atoms with van der Waals surface area (Å²) in [6, 6.07) is 4.42. The summed E-state index contributed by atoms with van der Waals surface area (Å²) in [5.41, 5.74) is 0. The summed E-state index contributed by atoms with van der Waals surface area (Å²) in [7, 11) is 0. The molecule has 1 heterocycles. The fraction of sp³-hybridized carbons (Fsp3) is 0.714. The maximum absolute atomic E-state index is 6.40. The molecule has 0 saturated carbocycles. The van der Waals surface area contributed by atoms with Crippen LogP contribution in [0, 0.1) is 0 Å². The van der Waals surface area contributed by atoms with E-state index < -0.39 is 0 Å². The Morgan fingerprint density at radius 1 is 1.12 bits per heavy atom. The van der Waals surface area contributed by atoms with E-state index in [9.17, 15) is 0 Å². The molecule has 16 heavy (non-hydrogen) atoms. The molecule has 0 saturated heterocycles. The molecule has 0 bridgehead atoms. The van der Waals surface area contributed by atoms with Gasteiger partial charge in [-0.05, 0) is 25.0 Å². The third-order valence-electron chi connectivity index (χ3n) is 2.90. The van der Waals surface area contributed by atoms with Crippen molar-refractivity contribution in [2.24, 2.45) is 0 Å². The van der Waals surface area contributed by atoms with E-state index in [1.54, 1.807) is 0 Å². The lowest BCUT2D eigenvalue weighted by Crippen LogP contribution is -1.87. The van der Waals surface area contributed by atoms with Gasteiger partial charge >= 0.3 is 0 Å². The van der Waals surface area contributed by atoms with Crippen LogP contribution in [-0.2, 0) is 6.42 Å². The highest BCUT2D eigenvalue weighted by molar-refractivity contribution is 7.12. The highest BCUT2D eigenvalue weighted by atomic mass is 35.5. The summed E-state index contributed by atoms with van der Waals surface area (Å²) < 4.78 is 0. The minimum Gasteiger partial charge on any atom is -0.144 e. The van der Waals surface area contributed by atoms with Gasteiger partial charge in [0.05, 0.1) is 5.38 Å². The normalized spacial score (nSPS) is 12.9. The van der Waals surface area contributed by atoms with Gasteiger partial charge in [0.2, 0.25) is 0 Å². The Bertz CT molecular complexity index is 280. The largest absolute Gasteiger partial charge is 0.144 e. The molecule has 1 rings (SSSR count). The molecule has 0 aliphatic heterocycles. The Hall–Kier alpha value is -0.0100. The third kappa shape index (κ3) is 4.88. The molecule has 1 aromatic heterocycles. The summed E-state index contributed by atoms with van der Waals surface area (Å²) in [5, 5.41) is 0.243. The predicted octanol–water partition coefficient (Wildman–Crippen LogP) is 5.95. The molecule has 0 aliphatic carbocycles. The fourth-order valence-corrected chi connectivity index (χ4v) is 3.15. The van der Waals surface area contributed by atoms with Crippen LogP contribution in [-0.4, -0.2) is 0 Å². The summed E-state index contributed by atoms with van der Waals surface area (Å²) in [6.45, 7) is 4.45. The van der Waals surface area contributed by atoms with Crippen molar-refractivity contribution in [3.8, 4) is 0 Å². The van der Waals surface area contributed by atoms with Gasteiger partial charge in [-0.15, -0.1) is 22.9 Å². The zero-order valence-electron chi connectivity index (χ0n) is 10.5. The minimum absolute atomic E-state index is 0.243. The van der Waals surface area contributed by atoms with Gasteiger partial charge in [-0.25, -0.2) is 0 Å². The molecule has 1 unspecified atom stereocenters. The van der Waals surface area contributed by atoms with Crippen LogP contribution in [0.5, 0.6) is 0 Å². The molecule has 2 heteroatoms. The zero-order chi connectivity index (χ0) is 11.8. The zero-order valence-corrected chi connectivity index (χ0v) is 12.0. The lowest BCUT2D eigenvalue weighted by molar-refractivity contribution is 0.603. The quantitative estimate of drug-likeness (QED) is 0.399. The van der Waals surface area contributed by atoms with Crippen molar-refractivity contribution in [3.05, 3.63) is 21.9 Å². The molecule has 0 fully saturated rings. The van der Waals surface area contributed by atoms with Gasteiger partial charge in [-0.1, -0.05) is 46.0 Å². The number of thiophene rings is 1. The molecule has 1 atom stereocenters. The first kappa shape index (κ1) is 14.1. The molecular formula is C14H23ClS. The van der Waals surface area contributed by atoms with E-state index in [-0.39, 0.29) is 5.38 Å². The minimum atomic E-state index is 0.243. The van der Waals surface area contributed by atoms with E-state index >= 15 is 0 Å². The van der Waals surface area contributed by atoms with E-state index in [1.165, 1.54) is 41.9 Å². The molecule has 0 amide bonds. The summed E-state index contributed by atoms with van der Waals surface area (Å²) in [4.78, 5) is 2.81. The van der Waals surface area contributed by atoms with Crippen LogP contribution >= 0.6 is 22.9 Å². The van der Waals surface area contributed by atoms with Crippen LogP contribution in [0.3, 0.4) is 0 Å². The molecule has 0 spiro atoms. The van der Waals surface area contributed by atoms with Gasteiger partial charge in [0, 0.05) is 9.75 Å². The Morgan fingerprint density at radius 3 is 2.50 bits per heavy atom. The highest BCUT2D eigenvalue weighted by Gasteiger charge is 2.09. The number of hydrogen-bond donors (Lipinski definition) is 0. The van der Waals surface area contributed by atoms with Crippen LogP contribution < -0.4 is 0 Å². The van der Waals surface area contributed by atoms with E-state index in [0.29, 0.717) is 0 Å². The molecule has 92 valence electrons. The highest BCUT2D eigenvalue weighted by Crippen LogP contribution is 2.32. The van der Waals surface area contributed by atoms with Crippen molar-refractivity contribution in [1.29, 1.82) is 0 Å². The van der Waals surface area contributed by atoms with Crippen LogP contribution in [0.1, 0.15) is 67.5 Å². The van der Waals surface area contributed by atoms with Crippen molar-refractivity contribution in [3.63, 3.8) is 0 Å². The maximum Gasteiger partial charge on any atom is 0.0678 e. The van der Waals surface area contributed by atoms with E-state index in [4.69, 9.17) is 11.6 Å². The first-order valence-corrected chi connectivity index (χ1v) is 7.75. The monoisotopic (exact) mass is 258 g/mol. The van der Waals surface area contributed by atoms with Gasteiger partial charge in [-0.3, -0.25) is 0 Å². The first-order chi connectivity index (χ1) is 7.77. The Balaban J connectivity index is 2.21. The van der Waals surface area contributed by atoms with Crippen LogP contribution in [0.4, 0.5) is 0 Å². The molecule has 0 aromatic carbocycles. The molecule has 0 nitrogen and oxygen atoms in total. The molecular weight excluding hydrogens is 236 g/mol. The lowest BCUT2D eigenvalue weighted by atomic mass is 10.1. The van der Waals surface area contributed by atoms with Crippen molar-refractivity contribution in [2.45, 2.75) is 64.2 Å². The number of rotatable bonds is 8. The van der Waals surface area contributed by atoms with Gasteiger partial charge < -0.3 is 0 Å². The fourth-order valence-electron chi connectivity index (χ4n) is 1.82. The van der Waals surface area contributed by atoms with Gasteiger partial charge in [0.25, 0.3) is 0 Å². The second-order valence-corrected chi connectivity index (χ2v) is 6.05. The molecule has 1 aromatic rings. The van der Waals surface area contributed by atoms with Gasteiger partial charge in [0.1, 0.15) is 0 Å². The van der Waals surface area contributed by atoms with Crippen LogP contribution in [0.25, 0.3) is 0 Å². The molecule has 0 radical (unpaired) electrons. The van der Waals surface area contributed by atoms with Gasteiger partial charge in [-0.2, -0.15) is 0 Å². The van der Waals surface area contributed by atoms with Crippen molar-refractivity contribution in [1.82, 2.24) is 0 Å². The van der Waals surface area contributed by atoms with Crippen LogP contribution in [0.2, 0.25) is 0 Å². The number of alkyl halides is 1. The standard InChI is InChI=1S/C14H23ClS/c1-3-5-6-7-8-9-13(15)14-11-10-12(4-2)16-14/h10-11,13H,3-9H2,1-2H3. The Labute approximate surface area is 109 Å². The van der Waals surface area contributed by atoms with E-state index in [1.807, 2.05) is 11.3 Å². The van der Waals surface area contributed by atoms with Crippen molar-refractivity contribution < 1.29 is 0 Å². The number of unbranched alkanes of at least 4 members (excludes halogenated alkanes) is 4. The van der Waals surface area contributed by atoms with E-state index in [2.05, 4.69) is 26.0 Å². The van der Waals surface area contributed by atoms with Gasteiger partial charge in [0.15, 0.2) is 0 Å². The second kappa shape index (κ2) is 8.14. The third-order valence-corrected chi connectivity index (χ3v) is 4.83. The molecule has 0 aliphatic rings. The van der Waals surface area contributed by atoms with Crippen LogP contribution in [0.15, 0.2) is 12.1 Å². The Morgan fingerprint density at radius 2 is 1.88 bits per heavy atom. The SMILES string of the molecule is CCCCCCCC(Cl)c1ccc(CC)s1. The topological polar surface area (TPSA) is 0 Å². The predicted molar refractivity (Wildman–Crippen MR) is 75.7 cm³/mol. The average molecular weight is 259 g/mol. The summed E-state index contributed by atoms with van der Waals surface area (Å²) in [5.74, 6) is 0. The van der Waals surface area contributed by atoms with E-state index in [0.717, 1.165) is 12.8 Å². The number of halogens is 1. The lowest BCUT2D eigenvalue weighted by Gasteiger charge is -2.06. The van der Waals surface area contributed by atoms with Crippen molar-refractivity contribution >= 4 is 22.9 Å². The Kier molecular flexibility index (Phi) is 7.15. The smallest absolute Gasteiger partial charge is 0.0678 e. The average Bonchev–Trinajstić information content (AvgIpc) is 2.77. The number of aryl methyl sites for hydroxylation is 1. The summed E-state index contributed by atoms with van der Waals surface area (Å²) in [6.07, 6.45) is 8.92. The van der Waals surface area contributed by atoms with Crippen molar-refractivity contribution in [2.75, 3.05) is 0 Å². The first-order valence-electron chi connectivity index (χ1n) is 6.50.